The van der Waals surface area contributed by atoms with E-state index in [1.165, 1.54) is 31.5 Å². The number of benzene rings is 1. The van der Waals surface area contributed by atoms with Crippen molar-refractivity contribution in [2.24, 2.45) is 0 Å². The van der Waals surface area contributed by atoms with Crippen LogP contribution >= 0.6 is 0 Å². The molecule has 2 N–H and O–H groups in total. The lowest BCUT2D eigenvalue weighted by Gasteiger charge is -2.24. The maximum atomic E-state index is 14.1. The first-order valence-electron chi connectivity index (χ1n) is 6.39. The summed E-state index contributed by atoms with van der Waals surface area (Å²) in [6.07, 6.45) is 1.17. The number of carbonyl (C=O) groups is 2. The Morgan fingerprint density at radius 1 is 1.41 bits per heavy atom. The maximum absolute atomic E-state index is 14.1. The zero-order chi connectivity index (χ0) is 15.9. The average Bonchev–Trinajstić information content (AvgIpc) is 3.07. The highest BCUT2D eigenvalue weighted by atomic mass is 19.1. The van der Waals surface area contributed by atoms with Crippen LogP contribution in [0.5, 0.6) is 0 Å². The van der Waals surface area contributed by atoms with Gasteiger partial charge in [0, 0.05) is 5.56 Å². The molecule has 1 atom stereocenters. The SMILES string of the molecule is CC(=O)C1=C(O)C(=O)N(c2ncn[nH]2)[C@H]1c1ccccc1F. The Bertz CT molecular complexity index is 785. The molecule has 1 aromatic heterocycles. The highest BCUT2D eigenvalue weighted by Crippen LogP contribution is 2.40. The molecule has 112 valence electrons. The third-order valence-electron chi connectivity index (χ3n) is 3.42. The highest BCUT2D eigenvalue weighted by Gasteiger charge is 2.45. The number of H-pyrrole nitrogens is 1. The van der Waals surface area contributed by atoms with Crippen molar-refractivity contribution in [3.8, 4) is 0 Å². The number of nitrogens with zero attached hydrogens (tertiary/aromatic N) is 3. The summed E-state index contributed by atoms with van der Waals surface area (Å²) in [5.41, 5.74) is -0.0898. The number of aliphatic hydroxyl groups excluding tert-OH is 1. The minimum atomic E-state index is -1.10. The Kier molecular flexibility index (Phi) is 3.21. The molecule has 1 aromatic carbocycles. The zero-order valence-electron chi connectivity index (χ0n) is 11.4. The number of rotatable bonds is 3. The Hall–Kier alpha value is -3.03. The molecule has 0 fully saturated rings. The lowest BCUT2D eigenvalue weighted by Crippen LogP contribution is -2.32. The van der Waals surface area contributed by atoms with E-state index in [9.17, 15) is 19.1 Å². The van der Waals surface area contributed by atoms with Gasteiger partial charge in [0.15, 0.2) is 11.5 Å². The number of aromatic nitrogens is 3. The summed E-state index contributed by atoms with van der Waals surface area (Å²) >= 11 is 0. The summed E-state index contributed by atoms with van der Waals surface area (Å²) < 4.78 is 14.1. The molecule has 0 radical (unpaired) electrons. The number of ketones is 1. The summed E-state index contributed by atoms with van der Waals surface area (Å²) in [6, 6.07) is 4.63. The molecule has 0 saturated carbocycles. The Balaban J connectivity index is 2.22. The van der Waals surface area contributed by atoms with Crippen LogP contribution in [-0.4, -0.2) is 32.0 Å². The zero-order valence-corrected chi connectivity index (χ0v) is 11.4. The Morgan fingerprint density at radius 3 is 2.73 bits per heavy atom. The second kappa shape index (κ2) is 5.06. The Labute approximate surface area is 124 Å². The normalized spacial score (nSPS) is 18.2. The van der Waals surface area contributed by atoms with Crippen LogP contribution in [0.1, 0.15) is 18.5 Å². The van der Waals surface area contributed by atoms with Crippen LogP contribution in [0, 0.1) is 5.82 Å². The summed E-state index contributed by atoms with van der Waals surface area (Å²) in [4.78, 5) is 29.0. The number of halogens is 1. The molecule has 0 unspecified atom stereocenters. The molecule has 2 aromatic rings. The number of carbonyl (C=O) groups excluding carboxylic acids is 2. The van der Waals surface area contributed by atoms with Crippen molar-refractivity contribution in [1.29, 1.82) is 0 Å². The summed E-state index contributed by atoms with van der Waals surface area (Å²) in [6.45, 7) is 1.20. The molecule has 8 heteroatoms. The molecule has 7 nitrogen and oxygen atoms in total. The lowest BCUT2D eigenvalue weighted by molar-refractivity contribution is -0.117. The van der Waals surface area contributed by atoms with Crippen LogP contribution in [0.2, 0.25) is 0 Å². The van der Waals surface area contributed by atoms with Crippen molar-refractivity contribution in [3.63, 3.8) is 0 Å². The van der Waals surface area contributed by atoms with Crippen molar-refractivity contribution >= 4 is 17.6 Å². The van der Waals surface area contributed by atoms with Gasteiger partial charge < -0.3 is 5.11 Å². The standard InChI is InChI=1S/C14H11FN4O3/c1-7(20)10-11(8-4-2-3-5-9(8)15)19(13(22)12(10)21)14-16-6-17-18-14/h2-6,11,21H,1H3,(H,16,17,18)/t11-/m0/s1. The second-order valence-corrected chi connectivity index (χ2v) is 4.73. The minimum Gasteiger partial charge on any atom is -0.503 e. The van der Waals surface area contributed by atoms with Gasteiger partial charge >= 0.3 is 0 Å². The molecular formula is C14H11FN4O3. The number of anilines is 1. The molecule has 1 aliphatic rings. The maximum Gasteiger partial charge on any atom is 0.296 e. The summed E-state index contributed by atoms with van der Waals surface area (Å²) in [7, 11) is 0. The van der Waals surface area contributed by atoms with E-state index in [1.807, 2.05) is 0 Å². The first kappa shape index (κ1) is 13.9. The summed E-state index contributed by atoms with van der Waals surface area (Å²) in [5, 5.41) is 16.1. The van der Waals surface area contributed by atoms with Crippen molar-refractivity contribution in [2.45, 2.75) is 13.0 Å². The molecule has 1 amide bonds. The van der Waals surface area contributed by atoms with Gasteiger partial charge in [0.25, 0.3) is 5.91 Å². The van der Waals surface area contributed by atoms with Crippen LogP contribution in [-0.2, 0) is 9.59 Å². The molecule has 22 heavy (non-hydrogen) atoms. The van der Waals surface area contributed by atoms with Crippen LogP contribution in [0.25, 0.3) is 0 Å². The third-order valence-corrected chi connectivity index (χ3v) is 3.42. The van der Waals surface area contributed by atoms with Crippen molar-refractivity contribution < 1.29 is 19.1 Å². The fourth-order valence-corrected chi connectivity index (χ4v) is 2.49. The van der Waals surface area contributed by atoms with Crippen LogP contribution < -0.4 is 4.90 Å². The predicted molar refractivity (Wildman–Crippen MR) is 73.3 cm³/mol. The fraction of sp³-hybridized carbons (Fsp3) is 0.143. The number of aliphatic hydroxyl groups is 1. The molecule has 2 heterocycles. The second-order valence-electron chi connectivity index (χ2n) is 4.73. The third kappa shape index (κ3) is 1.96. The molecule has 0 spiro atoms. The van der Waals surface area contributed by atoms with Gasteiger partial charge in [0.1, 0.15) is 18.2 Å². The average molecular weight is 302 g/mol. The van der Waals surface area contributed by atoms with Crippen molar-refractivity contribution in [2.75, 3.05) is 4.90 Å². The minimum absolute atomic E-state index is 0.0149. The fourth-order valence-electron chi connectivity index (χ4n) is 2.49. The van der Waals surface area contributed by atoms with Gasteiger partial charge in [-0.1, -0.05) is 18.2 Å². The van der Waals surface area contributed by atoms with E-state index < -0.39 is 29.3 Å². The Morgan fingerprint density at radius 2 is 2.14 bits per heavy atom. The van der Waals surface area contributed by atoms with E-state index in [0.717, 1.165) is 4.90 Å². The van der Waals surface area contributed by atoms with Gasteiger partial charge in [0.05, 0.1) is 5.57 Å². The van der Waals surface area contributed by atoms with Crippen LogP contribution in [0.4, 0.5) is 10.3 Å². The molecule has 0 saturated heterocycles. The topological polar surface area (TPSA) is 99.2 Å². The van der Waals surface area contributed by atoms with Crippen molar-refractivity contribution in [3.05, 3.63) is 53.3 Å². The first-order chi connectivity index (χ1) is 10.5. The van der Waals surface area contributed by atoms with Gasteiger partial charge in [-0.05, 0) is 13.0 Å². The van der Waals surface area contributed by atoms with Crippen LogP contribution in [0.15, 0.2) is 41.9 Å². The predicted octanol–water partition coefficient (Wildman–Crippen LogP) is 1.43. The molecule has 1 aliphatic heterocycles. The van der Waals surface area contributed by atoms with Gasteiger partial charge in [-0.15, -0.1) is 0 Å². The van der Waals surface area contributed by atoms with Crippen molar-refractivity contribution in [1.82, 2.24) is 15.2 Å². The van der Waals surface area contributed by atoms with Crippen LogP contribution in [0.3, 0.4) is 0 Å². The number of hydrogen-bond donors (Lipinski definition) is 2. The summed E-state index contributed by atoms with van der Waals surface area (Å²) in [5.74, 6) is -2.66. The molecule has 0 aliphatic carbocycles. The molecule has 0 bridgehead atoms. The van der Waals surface area contributed by atoms with E-state index in [1.54, 1.807) is 6.07 Å². The van der Waals surface area contributed by atoms with Gasteiger partial charge in [0.2, 0.25) is 5.95 Å². The van der Waals surface area contributed by atoms with Gasteiger partial charge in [-0.25, -0.2) is 9.49 Å². The van der Waals surface area contributed by atoms with Gasteiger partial charge in [-0.3, -0.25) is 14.5 Å². The van der Waals surface area contributed by atoms with E-state index in [2.05, 4.69) is 15.2 Å². The quantitative estimate of drug-likeness (QED) is 0.893. The molecule has 3 rings (SSSR count). The van der Waals surface area contributed by atoms with Gasteiger partial charge in [-0.2, -0.15) is 10.1 Å². The highest BCUT2D eigenvalue weighted by molar-refractivity contribution is 6.15. The van der Waals surface area contributed by atoms with E-state index in [4.69, 9.17) is 0 Å². The van der Waals surface area contributed by atoms with E-state index in [0.29, 0.717) is 0 Å². The smallest absolute Gasteiger partial charge is 0.296 e. The number of hydrogen-bond acceptors (Lipinski definition) is 5. The largest absolute Gasteiger partial charge is 0.503 e. The number of aromatic amines is 1. The first-order valence-corrected chi connectivity index (χ1v) is 6.39. The lowest BCUT2D eigenvalue weighted by atomic mass is 9.96. The van der Waals surface area contributed by atoms with E-state index >= 15 is 0 Å². The number of amides is 1. The number of Topliss-reactive ketones (excluding diaryl/α,β-unsaturated/α-hetero) is 1. The van der Waals surface area contributed by atoms with E-state index in [-0.39, 0.29) is 17.1 Å². The monoisotopic (exact) mass is 302 g/mol. The number of nitrogens with one attached hydrogen (secondary N) is 1. The molecular weight excluding hydrogens is 291 g/mol.